The number of hydrogen-bond donors (Lipinski definition) is 0. The standard InChI is InChI=1S/C108H65N3/c1-2-23-78(24-3-1)111-102-36-18-33-91(108(102)93-57-47-72(64-104(93)111)67-43-52-80(53-44-67)110-99-34-16-14-30-87(99)89-55-48-75(65-103(89)110)94-62-76-39-37-68-19-4-8-25-81(68)105(76)90-32-13-12-29-85(90)94)96-63-77-40-38-69-20-5-9-26-82(69)106(77)98-59-71(46-54-86(96)98)66-41-50-79(51-42-66)109-100-35-17-15-31-88(100)97-61-74(49-58-101(97)109)95-60-73-22-7-11-28-84(73)107-83-27-10-6-21-70(83)45-56-92(95)107/h1-65H. The van der Waals surface area contributed by atoms with Crippen molar-refractivity contribution in [3.8, 4) is 72.7 Å². The van der Waals surface area contributed by atoms with Gasteiger partial charge in [-0.3, -0.25) is 0 Å². The lowest BCUT2D eigenvalue weighted by atomic mass is 9.88. The number of rotatable bonds is 8. The zero-order valence-corrected chi connectivity index (χ0v) is 60.4. The van der Waals surface area contributed by atoms with Crippen LogP contribution in [-0.2, 0) is 0 Å². The van der Waals surface area contributed by atoms with Gasteiger partial charge in [0, 0.05) is 49.4 Å². The fraction of sp³-hybridized carbons (Fsp3) is 0. The number of benzene rings is 21. The summed E-state index contributed by atoms with van der Waals surface area (Å²) in [5, 5.41) is 30.0. The summed E-state index contributed by atoms with van der Waals surface area (Å²) in [5.74, 6) is 0. The molecule has 0 bridgehead atoms. The van der Waals surface area contributed by atoms with Gasteiger partial charge in [0.2, 0.25) is 0 Å². The van der Waals surface area contributed by atoms with Crippen LogP contribution in [0.15, 0.2) is 394 Å². The van der Waals surface area contributed by atoms with E-state index < -0.39 is 0 Å². The van der Waals surface area contributed by atoms with Crippen LogP contribution in [0.5, 0.6) is 0 Å². The first-order chi connectivity index (χ1) is 55.0. The zero-order valence-electron chi connectivity index (χ0n) is 60.4. The molecule has 0 atom stereocenters. The van der Waals surface area contributed by atoms with Gasteiger partial charge in [0.05, 0.1) is 33.1 Å². The summed E-state index contributed by atoms with van der Waals surface area (Å²) >= 11 is 0. The van der Waals surface area contributed by atoms with Gasteiger partial charge in [-0.25, -0.2) is 0 Å². The number of nitrogens with zero attached hydrogens (tertiary/aromatic N) is 3. The van der Waals surface area contributed by atoms with Gasteiger partial charge in [-0.2, -0.15) is 0 Å². The number of fused-ring (bicyclic) bond motifs is 24. The molecular weight excluding hydrogens is 1340 g/mol. The van der Waals surface area contributed by atoms with Crippen LogP contribution < -0.4 is 0 Å². The summed E-state index contributed by atoms with van der Waals surface area (Å²) in [6.45, 7) is 0. The van der Waals surface area contributed by atoms with E-state index in [1.54, 1.807) is 0 Å². The van der Waals surface area contributed by atoms with E-state index in [9.17, 15) is 0 Å². The molecular formula is C108H65N3. The molecule has 0 spiro atoms. The second-order valence-electron chi connectivity index (χ2n) is 30.1. The Hall–Kier alpha value is -14.6. The first kappa shape index (κ1) is 61.5. The van der Waals surface area contributed by atoms with Crippen LogP contribution in [-0.4, -0.2) is 13.7 Å². The minimum Gasteiger partial charge on any atom is -0.309 e. The maximum Gasteiger partial charge on any atom is 0.0547 e. The lowest BCUT2D eigenvalue weighted by molar-refractivity contribution is 1.18. The van der Waals surface area contributed by atoms with Crippen LogP contribution in [0.3, 0.4) is 0 Å². The van der Waals surface area contributed by atoms with Crippen LogP contribution in [0.2, 0.25) is 0 Å². The van der Waals surface area contributed by atoms with E-state index in [1.165, 1.54) is 190 Å². The van der Waals surface area contributed by atoms with Gasteiger partial charge in [-0.05, 0) is 256 Å². The van der Waals surface area contributed by atoms with Crippen molar-refractivity contribution in [2.24, 2.45) is 0 Å². The Labute approximate surface area is 638 Å². The third kappa shape index (κ3) is 9.27. The van der Waals surface area contributed by atoms with Crippen molar-refractivity contribution in [3.63, 3.8) is 0 Å². The number of para-hydroxylation sites is 3. The highest BCUT2D eigenvalue weighted by atomic mass is 15.0. The molecule has 0 amide bonds. The molecule has 21 aromatic carbocycles. The van der Waals surface area contributed by atoms with E-state index in [2.05, 4.69) is 408 Å². The SMILES string of the molecule is c1ccc(-n2c3cc(-c4ccc(-n5c6ccccc6c6ccc(-c7cc8ccc9ccccc9c8c8ccccc78)cc65)cc4)ccc3c3c(-c4cc5ccc6ccccc6c5c5cc(-c6ccc(-n7c8ccccc8c8cc(-c9cc%10ccccc%10c%10c9ccc9ccccc9%10)ccc87)cc6)ccc45)cccc32)cc1. The van der Waals surface area contributed by atoms with Crippen LogP contribution in [0, 0.1) is 0 Å². The average Bonchev–Trinajstić information content (AvgIpc) is 1.69. The molecule has 0 aliphatic rings. The van der Waals surface area contributed by atoms with Gasteiger partial charge in [0.15, 0.2) is 0 Å². The first-order valence-corrected chi connectivity index (χ1v) is 38.5. The fourth-order valence-corrected chi connectivity index (χ4v) is 19.3. The highest BCUT2D eigenvalue weighted by Crippen LogP contribution is 2.49. The van der Waals surface area contributed by atoms with Crippen LogP contribution in [0.4, 0.5) is 0 Å². The minimum absolute atomic E-state index is 1.12. The quantitative estimate of drug-likeness (QED) is 0.135. The lowest BCUT2D eigenvalue weighted by Gasteiger charge is -2.16. The van der Waals surface area contributed by atoms with Crippen molar-refractivity contribution < 1.29 is 0 Å². The molecule has 0 unspecified atom stereocenters. The van der Waals surface area contributed by atoms with Gasteiger partial charge in [-0.1, -0.05) is 291 Å². The average molecular weight is 1400 g/mol. The Morgan fingerprint density at radius 3 is 1.17 bits per heavy atom. The van der Waals surface area contributed by atoms with Gasteiger partial charge < -0.3 is 13.7 Å². The Morgan fingerprint density at radius 2 is 0.495 bits per heavy atom. The second-order valence-corrected chi connectivity index (χ2v) is 30.1. The largest absolute Gasteiger partial charge is 0.309 e. The third-order valence-electron chi connectivity index (χ3n) is 24.3. The van der Waals surface area contributed by atoms with Crippen molar-refractivity contribution >= 4 is 162 Å². The molecule has 24 aromatic rings. The van der Waals surface area contributed by atoms with E-state index in [1.807, 2.05) is 0 Å². The van der Waals surface area contributed by atoms with E-state index in [0.717, 1.165) is 44.8 Å². The van der Waals surface area contributed by atoms with Crippen molar-refractivity contribution in [3.05, 3.63) is 394 Å². The predicted octanol–water partition coefficient (Wildman–Crippen LogP) is 29.7. The summed E-state index contributed by atoms with van der Waals surface area (Å²) in [4.78, 5) is 0. The third-order valence-corrected chi connectivity index (χ3v) is 24.3. The Bertz CT molecular complexity index is 8090. The summed E-state index contributed by atoms with van der Waals surface area (Å²) in [6.07, 6.45) is 0. The summed E-state index contributed by atoms with van der Waals surface area (Å²) in [6, 6.07) is 148. The number of aromatic nitrogens is 3. The summed E-state index contributed by atoms with van der Waals surface area (Å²) in [7, 11) is 0. The van der Waals surface area contributed by atoms with E-state index in [4.69, 9.17) is 0 Å². The minimum atomic E-state index is 1.12. The van der Waals surface area contributed by atoms with E-state index in [0.29, 0.717) is 0 Å². The monoisotopic (exact) mass is 1400 g/mol. The first-order valence-electron chi connectivity index (χ1n) is 38.5. The molecule has 3 aromatic heterocycles. The predicted molar refractivity (Wildman–Crippen MR) is 474 cm³/mol. The molecule has 0 saturated heterocycles. The van der Waals surface area contributed by atoms with E-state index in [-0.39, 0.29) is 0 Å². The molecule has 0 N–H and O–H groups in total. The van der Waals surface area contributed by atoms with Crippen LogP contribution >= 0.6 is 0 Å². The van der Waals surface area contributed by atoms with Gasteiger partial charge >= 0.3 is 0 Å². The molecule has 512 valence electrons. The smallest absolute Gasteiger partial charge is 0.0547 e. The molecule has 0 saturated carbocycles. The summed E-state index contributed by atoms with van der Waals surface area (Å²) < 4.78 is 7.38. The maximum absolute atomic E-state index is 2.48. The molecule has 3 heteroatoms. The highest BCUT2D eigenvalue weighted by Gasteiger charge is 2.24. The molecule has 24 rings (SSSR count). The van der Waals surface area contributed by atoms with Crippen LogP contribution in [0.25, 0.3) is 235 Å². The molecule has 0 aliphatic heterocycles. The Balaban J connectivity index is 0.615. The van der Waals surface area contributed by atoms with Gasteiger partial charge in [-0.15, -0.1) is 0 Å². The number of hydrogen-bond acceptors (Lipinski definition) is 0. The molecule has 111 heavy (non-hydrogen) atoms. The normalized spacial score (nSPS) is 12.1. The van der Waals surface area contributed by atoms with Crippen molar-refractivity contribution in [2.45, 2.75) is 0 Å². The van der Waals surface area contributed by atoms with Crippen molar-refractivity contribution in [1.29, 1.82) is 0 Å². The van der Waals surface area contributed by atoms with Crippen molar-refractivity contribution in [2.75, 3.05) is 0 Å². The van der Waals surface area contributed by atoms with Gasteiger partial charge in [0.1, 0.15) is 0 Å². The highest BCUT2D eigenvalue weighted by molar-refractivity contribution is 6.29. The van der Waals surface area contributed by atoms with Crippen molar-refractivity contribution in [1.82, 2.24) is 13.7 Å². The lowest BCUT2D eigenvalue weighted by Crippen LogP contribution is -1.95. The molecule has 0 aliphatic carbocycles. The molecule has 0 radical (unpaired) electrons. The zero-order chi connectivity index (χ0) is 72.5. The topological polar surface area (TPSA) is 14.8 Å². The second kappa shape index (κ2) is 23.9. The molecule has 0 fully saturated rings. The Morgan fingerprint density at radius 1 is 0.126 bits per heavy atom. The van der Waals surface area contributed by atoms with E-state index >= 15 is 0 Å². The van der Waals surface area contributed by atoms with Gasteiger partial charge in [0.25, 0.3) is 0 Å². The molecule has 3 nitrogen and oxygen atoms in total. The summed E-state index contributed by atoms with van der Waals surface area (Å²) in [5.41, 5.74) is 22.4. The fourth-order valence-electron chi connectivity index (χ4n) is 19.3. The maximum atomic E-state index is 2.48. The Kier molecular flexibility index (Phi) is 13.3. The van der Waals surface area contributed by atoms with Crippen LogP contribution in [0.1, 0.15) is 0 Å². The molecule has 3 heterocycles.